The highest BCUT2D eigenvalue weighted by atomic mass is 32.2. The summed E-state index contributed by atoms with van der Waals surface area (Å²) in [6, 6.07) is 0. The van der Waals surface area contributed by atoms with E-state index >= 15 is 0 Å². The molecule has 0 radical (unpaired) electrons. The van der Waals surface area contributed by atoms with Gasteiger partial charge >= 0.3 is 5.97 Å². The van der Waals surface area contributed by atoms with Crippen LogP contribution in [0.1, 0.15) is 26.7 Å². The SMILES string of the molecule is CCCN(CC(=O)O)S(=O)(=O)C(C)CCOC. The van der Waals surface area contributed by atoms with Crippen LogP contribution in [0, 0.1) is 0 Å². The molecule has 0 aromatic carbocycles. The number of carbonyl (C=O) groups is 1. The summed E-state index contributed by atoms with van der Waals surface area (Å²) in [5.41, 5.74) is 0. The van der Waals surface area contributed by atoms with Gasteiger partial charge in [0.15, 0.2) is 0 Å². The first-order valence-corrected chi connectivity index (χ1v) is 7.06. The first-order valence-electron chi connectivity index (χ1n) is 5.55. The fourth-order valence-electron chi connectivity index (χ4n) is 1.38. The van der Waals surface area contributed by atoms with Gasteiger partial charge in [0, 0.05) is 20.3 Å². The van der Waals surface area contributed by atoms with Gasteiger partial charge in [0.2, 0.25) is 10.0 Å². The highest BCUT2D eigenvalue weighted by Crippen LogP contribution is 2.12. The molecule has 0 aliphatic carbocycles. The molecule has 0 saturated carbocycles. The fourth-order valence-corrected chi connectivity index (χ4v) is 3.01. The van der Waals surface area contributed by atoms with Crippen LogP contribution in [0.25, 0.3) is 0 Å². The standard InChI is InChI=1S/C10H21NO5S/c1-4-6-11(8-10(12)13)17(14,15)9(2)5-7-16-3/h9H,4-8H2,1-3H3,(H,12,13). The number of carboxylic acid groups (broad SMARTS) is 1. The molecule has 0 rings (SSSR count). The number of carboxylic acids is 1. The van der Waals surface area contributed by atoms with Crippen LogP contribution in [-0.2, 0) is 19.6 Å². The maximum Gasteiger partial charge on any atom is 0.318 e. The van der Waals surface area contributed by atoms with Gasteiger partial charge in [-0.15, -0.1) is 0 Å². The number of nitrogens with zero attached hydrogens (tertiary/aromatic N) is 1. The summed E-state index contributed by atoms with van der Waals surface area (Å²) < 4.78 is 30.0. The van der Waals surface area contributed by atoms with Gasteiger partial charge < -0.3 is 9.84 Å². The topological polar surface area (TPSA) is 83.9 Å². The minimum atomic E-state index is -3.56. The quantitative estimate of drug-likeness (QED) is 0.659. The van der Waals surface area contributed by atoms with Crippen LogP contribution in [0.2, 0.25) is 0 Å². The molecule has 17 heavy (non-hydrogen) atoms. The maximum absolute atomic E-state index is 12.1. The van der Waals surface area contributed by atoms with Gasteiger partial charge in [-0.25, -0.2) is 8.42 Å². The lowest BCUT2D eigenvalue weighted by molar-refractivity contribution is -0.137. The number of hydrogen-bond acceptors (Lipinski definition) is 4. The molecule has 7 heteroatoms. The van der Waals surface area contributed by atoms with Gasteiger partial charge in [-0.1, -0.05) is 6.92 Å². The molecule has 0 heterocycles. The van der Waals surface area contributed by atoms with Gasteiger partial charge in [0.1, 0.15) is 6.54 Å². The predicted octanol–water partition coefficient (Wildman–Crippen LogP) is 0.538. The number of sulfonamides is 1. The smallest absolute Gasteiger partial charge is 0.318 e. The predicted molar refractivity (Wildman–Crippen MR) is 64.4 cm³/mol. The van der Waals surface area contributed by atoms with Gasteiger partial charge in [-0.05, 0) is 19.8 Å². The Bertz CT molecular complexity index is 328. The van der Waals surface area contributed by atoms with Crippen molar-refractivity contribution < 1.29 is 23.1 Å². The molecule has 1 unspecified atom stereocenters. The van der Waals surface area contributed by atoms with Gasteiger partial charge in [0.25, 0.3) is 0 Å². The Labute approximate surface area is 103 Å². The Morgan fingerprint density at radius 1 is 1.47 bits per heavy atom. The Morgan fingerprint density at radius 2 is 2.06 bits per heavy atom. The molecule has 0 spiro atoms. The van der Waals surface area contributed by atoms with Crippen LogP contribution in [0.5, 0.6) is 0 Å². The van der Waals surface area contributed by atoms with E-state index in [0.717, 1.165) is 4.31 Å². The van der Waals surface area contributed by atoms with Crippen molar-refractivity contribution in [1.29, 1.82) is 0 Å². The third kappa shape index (κ3) is 5.47. The molecular formula is C10H21NO5S. The number of rotatable bonds is 9. The van der Waals surface area contributed by atoms with Crippen LogP contribution < -0.4 is 0 Å². The van der Waals surface area contributed by atoms with Gasteiger partial charge in [-0.3, -0.25) is 4.79 Å². The normalized spacial score (nSPS) is 13.9. The van der Waals surface area contributed by atoms with E-state index in [1.807, 2.05) is 6.92 Å². The van der Waals surface area contributed by atoms with Gasteiger partial charge in [0.05, 0.1) is 5.25 Å². The van der Waals surface area contributed by atoms with Crippen molar-refractivity contribution in [2.75, 3.05) is 26.8 Å². The molecular weight excluding hydrogens is 246 g/mol. The van der Waals surface area contributed by atoms with Crippen molar-refractivity contribution in [3.8, 4) is 0 Å². The highest BCUT2D eigenvalue weighted by Gasteiger charge is 2.29. The Kier molecular flexibility index (Phi) is 7.33. The number of hydrogen-bond donors (Lipinski definition) is 1. The second-order valence-electron chi connectivity index (χ2n) is 3.86. The summed E-state index contributed by atoms with van der Waals surface area (Å²) in [5.74, 6) is -1.14. The minimum Gasteiger partial charge on any atom is -0.480 e. The molecule has 0 amide bonds. The minimum absolute atomic E-state index is 0.228. The van der Waals surface area contributed by atoms with Crippen molar-refractivity contribution in [2.24, 2.45) is 0 Å². The lowest BCUT2D eigenvalue weighted by atomic mass is 10.3. The summed E-state index contributed by atoms with van der Waals surface area (Å²) in [6.45, 7) is 3.47. The molecule has 0 aliphatic rings. The second-order valence-corrected chi connectivity index (χ2v) is 6.22. The average Bonchev–Trinajstić information content (AvgIpc) is 2.24. The van der Waals surface area contributed by atoms with E-state index in [1.165, 1.54) is 7.11 Å². The summed E-state index contributed by atoms with van der Waals surface area (Å²) in [4.78, 5) is 10.6. The first-order chi connectivity index (χ1) is 7.86. The van der Waals surface area contributed by atoms with E-state index in [4.69, 9.17) is 9.84 Å². The molecule has 0 fully saturated rings. The molecule has 1 N–H and O–H groups in total. The van der Waals surface area contributed by atoms with E-state index in [-0.39, 0.29) is 6.54 Å². The molecule has 6 nitrogen and oxygen atoms in total. The summed E-state index contributed by atoms with van der Waals surface area (Å²) in [5, 5.41) is 8.07. The highest BCUT2D eigenvalue weighted by molar-refractivity contribution is 7.89. The summed E-state index contributed by atoms with van der Waals surface area (Å²) >= 11 is 0. The molecule has 0 bridgehead atoms. The maximum atomic E-state index is 12.1. The van der Waals surface area contributed by atoms with Crippen LogP contribution in [0.4, 0.5) is 0 Å². The lowest BCUT2D eigenvalue weighted by Crippen LogP contribution is -2.41. The molecule has 0 aromatic heterocycles. The fraction of sp³-hybridized carbons (Fsp3) is 0.900. The third-order valence-electron chi connectivity index (χ3n) is 2.38. The Balaban J connectivity index is 4.74. The van der Waals surface area contributed by atoms with Crippen LogP contribution in [0.15, 0.2) is 0 Å². The van der Waals surface area contributed by atoms with Crippen molar-refractivity contribution >= 4 is 16.0 Å². The van der Waals surface area contributed by atoms with Crippen molar-refractivity contribution in [1.82, 2.24) is 4.31 Å². The van der Waals surface area contributed by atoms with E-state index in [2.05, 4.69) is 0 Å². The number of methoxy groups -OCH3 is 1. The summed E-state index contributed by atoms with van der Waals surface area (Å²) in [7, 11) is -2.06. The molecule has 1 atom stereocenters. The Hall–Kier alpha value is -0.660. The zero-order chi connectivity index (χ0) is 13.5. The van der Waals surface area contributed by atoms with E-state index in [9.17, 15) is 13.2 Å². The zero-order valence-electron chi connectivity index (χ0n) is 10.5. The largest absolute Gasteiger partial charge is 0.480 e. The molecule has 102 valence electrons. The molecule has 0 saturated heterocycles. The number of ether oxygens (including phenoxy) is 1. The first kappa shape index (κ1) is 16.3. The zero-order valence-corrected chi connectivity index (χ0v) is 11.4. The second kappa shape index (κ2) is 7.62. The van der Waals surface area contributed by atoms with Gasteiger partial charge in [-0.2, -0.15) is 4.31 Å². The average molecular weight is 267 g/mol. The summed E-state index contributed by atoms with van der Waals surface area (Å²) in [6.07, 6.45) is 0.947. The van der Waals surface area contributed by atoms with E-state index in [0.29, 0.717) is 19.4 Å². The lowest BCUT2D eigenvalue weighted by Gasteiger charge is -2.23. The van der Waals surface area contributed by atoms with Crippen molar-refractivity contribution in [3.05, 3.63) is 0 Å². The number of aliphatic carboxylic acids is 1. The monoisotopic (exact) mass is 267 g/mol. The molecule has 0 aromatic rings. The van der Waals surface area contributed by atoms with Crippen molar-refractivity contribution in [2.45, 2.75) is 31.9 Å². The van der Waals surface area contributed by atoms with Crippen LogP contribution >= 0.6 is 0 Å². The van der Waals surface area contributed by atoms with Crippen LogP contribution in [-0.4, -0.2) is 55.9 Å². The van der Waals surface area contributed by atoms with E-state index in [1.54, 1.807) is 6.92 Å². The van der Waals surface area contributed by atoms with E-state index < -0.39 is 27.8 Å². The Morgan fingerprint density at radius 3 is 2.47 bits per heavy atom. The molecule has 0 aliphatic heterocycles. The van der Waals surface area contributed by atoms with Crippen LogP contribution in [0.3, 0.4) is 0 Å². The van der Waals surface area contributed by atoms with Crippen molar-refractivity contribution in [3.63, 3.8) is 0 Å². The third-order valence-corrected chi connectivity index (χ3v) is 4.67.